The molecular weight excluding hydrogens is 320 g/mol. The van der Waals surface area contributed by atoms with Crippen LogP contribution in [0.3, 0.4) is 0 Å². The van der Waals surface area contributed by atoms with Gasteiger partial charge in [-0.3, -0.25) is 9.80 Å². The number of hydrogen-bond acceptors (Lipinski definition) is 4. The maximum atomic E-state index is 3.95. The van der Waals surface area contributed by atoms with Crippen molar-refractivity contribution in [1.82, 2.24) is 9.80 Å². The van der Waals surface area contributed by atoms with Crippen molar-refractivity contribution in [1.29, 1.82) is 0 Å². The fourth-order valence-electron chi connectivity index (χ4n) is 6.73. The van der Waals surface area contributed by atoms with Gasteiger partial charge >= 0.3 is 0 Å². The van der Waals surface area contributed by atoms with Crippen molar-refractivity contribution in [2.75, 3.05) is 37.8 Å². The van der Waals surface area contributed by atoms with Gasteiger partial charge in [0.25, 0.3) is 0 Å². The van der Waals surface area contributed by atoms with Crippen LogP contribution < -0.4 is 10.6 Å². The lowest BCUT2D eigenvalue weighted by Gasteiger charge is -2.71. The van der Waals surface area contributed by atoms with Gasteiger partial charge in [-0.05, 0) is 50.2 Å². The molecule has 4 atom stereocenters. The van der Waals surface area contributed by atoms with E-state index in [1.54, 1.807) is 0 Å². The van der Waals surface area contributed by atoms with Gasteiger partial charge in [-0.1, -0.05) is 36.4 Å². The molecule has 0 radical (unpaired) electrons. The Morgan fingerprint density at radius 3 is 1.62 bits per heavy atom. The Morgan fingerprint density at radius 2 is 1.15 bits per heavy atom. The number of rotatable bonds is 0. The molecule has 4 bridgehead atoms. The summed E-state index contributed by atoms with van der Waals surface area (Å²) in [5, 5.41) is 7.91. The van der Waals surface area contributed by atoms with Crippen molar-refractivity contribution in [2.24, 2.45) is 0 Å². The topological polar surface area (TPSA) is 30.5 Å². The van der Waals surface area contributed by atoms with Crippen LogP contribution in [0.1, 0.15) is 24.0 Å². The Kier molecular flexibility index (Phi) is 2.79. The van der Waals surface area contributed by atoms with E-state index in [-0.39, 0.29) is 10.8 Å². The highest BCUT2D eigenvalue weighted by molar-refractivity contribution is 5.72. The van der Waals surface area contributed by atoms with Crippen LogP contribution in [0.2, 0.25) is 0 Å². The zero-order valence-corrected chi connectivity index (χ0v) is 15.5. The average molecular weight is 346 g/mol. The van der Waals surface area contributed by atoms with E-state index >= 15 is 0 Å². The van der Waals surface area contributed by atoms with Crippen molar-refractivity contribution in [3.05, 3.63) is 59.7 Å². The highest BCUT2D eigenvalue weighted by atomic mass is 15.4. The van der Waals surface area contributed by atoms with E-state index in [0.717, 1.165) is 13.1 Å². The smallest absolute Gasteiger partial charge is 0.0901 e. The predicted molar refractivity (Wildman–Crippen MR) is 106 cm³/mol. The molecule has 2 saturated heterocycles. The summed E-state index contributed by atoms with van der Waals surface area (Å²) in [7, 11) is 4.59. The third kappa shape index (κ3) is 1.47. The highest BCUT2D eigenvalue weighted by Crippen LogP contribution is 2.65. The molecule has 0 amide bonds. The Labute approximate surface area is 155 Å². The number of nitrogens with zero attached hydrogens (tertiary/aromatic N) is 2. The summed E-state index contributed by atoms with van der Waals surface area (Å²) in [5.74, 6) is 0. The molecule has 4 aliphatic heterocycles. The summed E-state index contributed by atoms with van der Waals surface area (Å²) >= 11 is 0. The molecule has 26 heavy (non-hydrogen) atoms. The second-order valence-electron chi connectivity index (χ2n) is 8.59. The molecular formula is C22H26N4. The van der Waals surface area contributed by atoms with Crippen LogP contribution in [0.4, 0.5) is 11.4 Å². The molecule has 4 heterocycles. The van der Waals surface area contributed by atoms with Crippen LogP contribution in [0, 0.1) is 0 Å². The van der Waals surface area contributed by atoms with E-state index in [2.05, 4.69) is 83.1 Å². The SMILES string of the molecule is CN1CC[C@]23c4ccccc4N[C@H]1[C@]21CCN(C)[C@@H]3Nc2ccccc21. The molecule has 2 aromatic rings. The minimum Gasteiger partial charge on any atom is -0.369 e. The van der Waals surface area contributed by atoms with Crippen LogP contribution in [0.15, 0.2) is 48.5 Å². The molecule has 0 unspecified atom stereocenters. The zero-order valence-electron chi connectivity index (χ0n) is 15.5. The van der Waals surface area contributed by atoms with Gasteiger partial charge in [-0.2, -0.15) is 0 Å². The summed E-state index contributed by atoms with van der Waals surface area (Å²) < 4.78 is 0. The first kappa shape index (κ1) is 15.1. The van der Waals surface area contributed by atoms with Crippen LogP contribution in [-0.4, -0.2) is 49.3 Å². The number of likely N-dealkylation sites (N-methyl/N-ethyl adjacent to an activating group) is 2. The molecule has 4 nitrogen and oxygen atoms in total. The van der Waals surface area contributed by atoms with E-state index in [1.807, 2.05) is 0 Å². The summed E-state index contributed by atoms with van der Waals surface area (Å²) in [6.07, 6.45) is 3.06. The summed E-state index contributed by atoms with van der Waals surface area (Å²) in [5.41, 5.74) is 5.86. The number of benzene rings is 2. The number of likely N-dealkylation sites (tertiary alicyclic amines) is 2. The van der Waals surface area contributed by atoms with Gasteiger partial charge < -0.3 is 10.6 Å². The van der Waals surface area contributed by atoms with Gasteiger partial charge in [0.2, 0.25) is 0 Å². The lowest BCUT2D eigenvalue weighted by Crippen LogP contribution is -2.80. The Hall–Kier alpha value is -2.04. The molecule has 4 heteroatoms. The lowest BCUT2D eigenvalue weighted by molar-refractivity contribution is -0.0691. The minimum atomic E-state index is 0.105. The normalized spacial score (nSPS) is 37.6. The van der Waals surface area contributed by atoms with Crippen LogP contribution in [-0.2, 0) is 10.8 Å². The fourth-order valence-corrected chi connectivity index (χ4v) is 6.73. The minimum absolute atomic E-state index is 0.105. The maximum Gasteiger partial charge on any atom is 0.0901 e. The first-order valence-electron chi connectivity index (χ1n) is 9.81. The van der Waals surface area contributed by atoms with Gasteiger partial charge in [0, 0.05) is 35.3 Å². The summed E-state index contributed by atoms with van der Waals surface area (Å²) in [6.45, 7) is 2.25. The Balaban J connectivity index is 1.75. The lowest BCUT2D eigenvalue weighted by atomic mass is 9.45. The van der Waals surface area contributed by atoms with Crippen molar-refractivity contribution in [2.45, 2.75) is 36.0 Å². The van der Waals surface area contributed by atoms with E-state index in [9.17, 15) is 0 Å². The van der Waals surface area contributed by atoms with Crippen molar-refractivity contribution >= 4 is 11.4 Å². The van der Waals surface area contributed by atoms with E-state index in [0.29, 0.717) is 12.3 Å². The molecule has 4 aliphatic rings. The monoisotopic (exact) mass is 346 g/mol. The van der Waals surface area contributed by atoms with Crippen LogP contribution in [0.25, 0.3) is 0 Å². The quantitative estimate of drug-likeness (QED) is 0.768. The number of nitrogens with one attached hydrogen (secondary N) is 2. The Bertz CT molecular complexity index is 822. The van der Waals surface area contributed by atoms with Crippen molar-refractivity contribution < 1.29 is 0 Å². The number of para-hydroxylation sites is 2. The first-order chi connectivity index (χ1) is 12.7. The third-order valence-corrected chi connectivity index (χ3v) is 7.73. The first-order valence-corrected chi connectivity index (χ1v) is 9.81. The van der Waals surface area contributed by atoms with Gasteiger partial charge in [0.1, 0.15) is 0 Å². The molecule has 0 spiro atoms. The number of piperidine rings is 2. The van der Waals surface area contributed by atoms with Crippen molar-refractivity contribution in [3.63, 3.8) is 0 Å². The second-order valence-corrected chi connectivity index (χ2v) is 8.59. The molecule has 134 valence electrons. The molecule has 6 rings (SSSR count). The standard InChI is InChI=1S/C22H26N4/c1-25-13-11-22-16-8-4-5-9-17(16)23-19(25)21(22)12-14-26(2)20(22)24-18-10-6-3-7-15(18)21/h3-10,19-20,23-24H,11-14H2,1-2H3/t19-,20+,21-,22-/m1/s1. The predicted octanol–water partition coefficient (Wildman–Crippen LogP) is 3.04. The molecule has 2 N–H and O–H groups in total. The molecule has 0 aromatic heterocycles. The van der Waals surface area contributed by atoms with Crippen LogP contribution in [0.5, 0.6) is 0 Å². The third-order valence-electron chi connectivity index (χ3n) is 7.73. The van der Waals surface area contributed by atoms with E-state index in [4.69, 9.17) is 0 Å². The Morgan fingerprint density at radius 1 is 0.731 bits per heavy atom. The van der Waals surface area contributed by atoms with E-state index < -0.39 is 0 Å². The van der Waals surface area contributed by atoms with Gasteiger partial charge in [-0.15, -0.1) is 0 Å². The fraction of sp³-hybridized carbons (Fsp3) is 0.455. The average Bonchev–Trinajstić information content (AvgIpc) is 2.67. The number of anilines is 2. The largest absolute Gasteiger partial charge is 0.369 e. The van der Waals surface area contributed by atoms with Crippen LogP contribution >= 0.6 is 0 Å². The second kappa shape index (κ2) is 4.81. The number of hydrogen-bond donors (Lipinski definition) is 2. The van der Waals surface area contributed by atoms with Gasteiger partial charge in [-0.25, -0.2) is 0 Å². The van der Waals surface area contributed by atoms with Crippen molar-refractivity contribution in [3.8, 4) is 0 Å². The summed E-state index contributed by atoms with van der Waals surface area (Å²) in [6, 6.07) is 18.1. The molecule has 2 aromatic carbocycles. The molecule has 0 saturated carbocycles. The van der Waals surface area contributed by atoms with Gasteiger partial charge in [0.15, 0.2) is 0 Å². The highest BCUT2D eigenvalue weighted by Gasteiger charge is 2.70. The number of fused-ring (bicyclic) bond motifs is 2. The summed E-state index contributed by atoms with van der Waals surface area (Å²) in [4.78, 5) is 5.11. The van der Waals surface area contributed by atoms with Gasteiger partial charge in [0.05, 0.1) is 12.3 Å². The molecule has 0 aliphatic carbocycles. The van der Waals surface area contributed by atoms with E-state index in [1.165, 1.54) is 35.3 Å². The zero-order chi connectivity index (χ0) is 17.5. The maximum absolute atomic E-state index is 3.95. The molecule has 2 fully saturated rings.